The number of amidine groups is 1. The standard InChI is InChI=1S/C16H20N4O2S/c1-10-7-18-13(11(2)15(10)22)8-19-14(21)6-12-9-23-16-17-4-3-5-20(12)16/h7,9H,3-6,8H2,1-2H3,(H,18,22)(H,19,21). The van der Waals surface area contributed by atoms with E-state index in [9.17, 15) is 9.59 Å². The molecule has 0 fully saturated rings. The van der Waals surface area contributed by atoms with Gasteiger partial charge in [0.05, 0.1) is 13.0 Å². The van der Waals surface area contributed by atoms with E-state index in [1.54, 1.807) is 31.8 Å². The number of thioether (sulfide) groups is 1. The minimum Gasteiger partial charge on any atom is -0.363 e. The van der Waals surface area contributed by atoms with Crippen molar-refractivity contribution in [1.29, 1.82) is 0 Å². The monoisotopic (exact) mass is 332 g/mol. The largest absolute Gasteiger partial charge is 0.363 e. The van der Waals surface area contributed by atoms with E-state index in [-0.39, 0.29) is 11.3 Å². The van der Waals surface area contributed by atoms with Gasteiger partial charge >= 0.3 is 0 Å². The number of aryl methyl sites for hydroxylation is 1. The molecule has 1 aromatic rings. The summed E-state index contributed by atoms with van der Waals surface area (Å²) in [5.74, 6) is -0.0514. The molecule has 2 N–H and O–H groups in total. The Bertz CT molecular complexity index is 751. The zero-order valence-corrected chi connectivity index (χ0v) is 14.1. The van der Waals surface area contributed by atoms with E-state index in [0.717, 1.165) is 36.1 Å². The Labute approximate surface area is 139 Å². The first-order valence-electron chi connectivity index (χ1n) is 7.68. The summed E-state index contributed by atoms with van der Waals surface area (Å²) in [5.41, 5.74) is 3.12. The molecule has 0 saturated heterocycles. The Morgan fingerprint density at radius 1 is 1.48 bits per heavy atom. The van der Waals surface area contributed by atoms with E-state index in [0.29, 0.717) is 24.1 Å². The van der Waals surface area contributed by atoms with Crippen molar-refractivity contribution in [2.24, 2.45) is 4.99 Å². The molecule has 0 radical (unpaired) electrons. The van der Waals surface area contributed by atoms with Crippen LogP contribution in [0.25, 0.3) is 0 Å². The molecule has 23 heavy (non-hydrogen) atoms. The van der Waals surface area contributed by atoms with E-state index in [1.165, 1.54) is 0 Å². The van der Waals surface area contributed by atoms with Crippen molar-refractivity contribution in [3.8, 4) is 0 Å². The zero-order chi connectivity index (χ0) is 16.4. The van der Waals surface area contributed by atoms with Crippen molar-refractivity contribution in [1.82, 2.24) is 15.2 Å². The molecule has 0 aliphatic carbocycles. The number of carbonyl (C=O) groups excluding carboxylic acids is 1. The Morgan fingerprint density at radius 2 is 2.30 bits per heavy atom. The number of nitrogens with one attached hydrogen (secondary N) is 2. The van der Waals surface area contributed by atoms with Gasteiger partial charge < -0.3 is 15.2 Å². The maximum absolute atomic E-state index is 12.2. The number of aromatic amines is 1. The van der Waals surface area contributed by atoms with Crippen molar-refractivity contribution in [2.75, 3.05) is 13.1 Å². The molecule has 0 unspecified atom stereocenters. The van der Waals surface area contributed by atoms with E-state index < -0.39 is 0 Å². The lowest BCUT2D eigenvalue weighted by Gasteiger charge is -2.25. The van der Waals surface area contributed by atoms with Crippen LogP contribution in [0.2, 0.25) is 0 Å². The summed E-state index contributed by atoms with van der Waals surface area (Å²) in [5, 5.41) is 5.88. The summed E-state index contributed by atoms with van der Waals surface area (Å²) in [6, 6.07) is 0. The van der Waals surface area contributed by atoms with Crippen LogP contribution >= 0.6 is 11.8 Å². The van der Waals surface area contributed by atoms with Crippen molar-refractivity contribution in [3.63, 3.8) is 0 Å². The highest BCUT2D eigenvalue weighted by Crippen LogP contribution is 2.30. The first-order chi connectivity index (χ1) is 11.1. The molecule has 0 saturated carbocycles. The smallest absolute Gasteiger partial charge is 0.226 e. The van der Waals surface area contributed by atoms with Gasteiger partial charge in [-0.1, -0.05) is 11.8 Å². The number of rotatable bonds is 4. The van der Waals surface area contributed by atoms with Gasteiger partial charge in [-0.05, 0) is 25.7 Å². The third-order valence-electron chi connectivity index (χ3n) is 4.08. The van der Waals surface area contributed by atoms with Crippen LogP contribution in [-0.4, -0.2) is 34.0 Å². The van der Waals surface area contributed by atoms with Gasteiger partial charge in [-0.2, -0.15) is 0 Å². The van der Waals surface area contributed by atoms with E-state index in [2.05, 4.69) is 20.2 Å². The fourth-order valence-electron chi connectivity index (χ4n) is 2.67. The fraction of sp³-hybridized carbons (Fsp3) is 0.438. The average molecular weight is 332 g/mol. The summed E-state index contributed by atoms with van der Waals surface area (Å²) in [6.07, 6.45) is 3.04. The summed E-state index contributed by atoms with van der Waals surface area (Å²) in [7, 11) is 0. The minimum atomic E-state index is -0.0514. The Hall–Kier alpha value is -2.02. The van der Waals surface area contributed by atoms with Crippen LogP contribution in [0.5, 0.6) is 0 Å². The molecule has 2 aliphatic heterocycles. The number of nitrogens with zero attached hydrogens (tertiary/aromatic N) is 2. The predicted molar refractivity (Wildman–Crippen MR) is 92.3 cm³/mol. The summed E-state index contributed by atoms with van der Waals surface area (Å²) in [4.78, 5) is 33.7. The second-order valence-corrected chi connectivity index (χ2v) is 6.59. The first-order valence-corrected chi connectivity index (χ1v) is 8.56. The molecule has 0 aromatic carbocycles. The van der Waals surface area contributed by atoms with E-state index in [4.69, 9.17) is 0 Å². The molecule has 6 nitrogen and oxygen atoms in total. The van der Waals surface area contributed by atoms with Crippen LogP contribution in [0.15, 0.2) is 27.1 Å². The SMILES string of the molecule is Cc1c[nH]c(CNC(=O)CC2=CSC3=NCCCN23)c(C)c1=O. The van der Waals surface area contributed by atoms with Gasteiger partial charge in [-0.15, -0.1) is 0 Å². The number of fused-ring (bicyclic) bond motifs is 1. The Kier molecular flexibility index (Phi) is 4.56. The molecule has 0 bridgehead atoms. The van der Waals surface area contributed by atoms with Crippen molar-refractivity contribution in [2.45, 2.75) is 33.2 Å². The Balaban J connectivity index is 1.59. The van der Waals surface area contributed by atoms with Crippen LogP contribution < -0.4 is 10.7 Å². The molecule has 1 aromatic heterocycles. The highest BCUT2D eigenvalue weighted by atomic mass is 32.2. The van der Waals surface area contributed by atoms with Crippen LogP contribution in [0.1, 0.15) is 29.7 Å². The van der Waals surface area contributed by atoms with Gasteiger partial charge in [0, 0.05) is 41.8 Å². The molecular formula is C16H20N4O2S. The number of aliphatic imine (C=N–C) groups is 1. The predicted octanol–water partition coefficient (Wildman–Crippen LogP) is 1.65. The molecule has 2 aliphatic rings. The van der Waals surface area contributed by atoms with Crippen LogP contribution in [-0.2, 0) is 11.3 Å². The topological polar surface area (TPSA) is 77.6 Å². The molecular weight excluding hydrogens is 312 g/mol. The molecule has 3 rings (SSSR count). The molecule has 0 spiro atoms. The molecule has 3 heterocycles. The quantitative estimate of drug-likeness (QED) is 0.879. The summed E-state index contributed by atoms with van der Waals surface area (Å²) < 4.78 is 0. The van der Waals surface area contributed by atoms with Gasteiger partial charge in [-0.3, -0.25) is 14.6 Å². The lowest BCUT2D eigenvalue weighted by atomic mass is 10.1. The average Bonchev–Trinajstić information content (AvgIpc) is 2.95. The molecule has 1 amide bonds. The number of pyridine rings is 1. The van der Waals surface area contributed by atoms with E-state index >= 15 is 0 Å². The van der Waals surface area contributed by atoms with Gasteiger partial charge in [-0.25, -0.2) is 0 Å². The van der Waals surface area contributed by atoms with E-state index in [1.807, 2.05) is 5.41 Å². The number of hydrogen-bond acceptors (Lipinski definition) is 5. The van der Waals surface area contributed by atoms with Crippen molar-refractivity contribution >= 4 is 22.8 Å². The lowest BCUT2D eigenvalue weighted by Crippen LogP contribution is -2.33. The Morgan fingerprint density at radius 3 is 3.13 bits per heavy atom. The fourth-order valence-corrected chi connectivity index (χ4v) is 3.63. The number of hydrogen-bond donors (Lipinski definition) is 2. The minimum absolute atomic E-state index is 0.0251. The number of aromatic nitrogens is 1. The molecule has 122 valence electrons. The highest BCUT2D eigenvalue weighted by molar-refractivity contribution is 8.16. The third kappa shape index (κ3) is 3.34. The van der Waals surface area contributed by atoms with Crippen molar-refractivity contribution < 1.29 is 4.79 Å². The zero-order valence-electron chi connectivity index (χ0n) is 13.3. The van der Waals surface area contributed by atoms with Crippen LogP contribution in [0, 0.1) is 13.8 Å². The number of amides is 1. The molecule has 0 atom stereocenters. The maximum atomic E-state index is 12.2. The first kappa shape index (κ1) is 15.9. The van der Waals surface area contributed by atoms with Gasteiger partial charge in [0.1, 0.15) is 0 Å². The van der Waals surface area contributed by atoms with Gasteiger partial charge in [0.25, 0.3) is 0 Å². The lowest BCUT2D eigenvalue weighted by molar-refractivity contribution is -0.120. The highest BCUT2D eigenvalue weighted by Gasteiger charge is 2.26. The number of carbonyl (C=O) groups is 1. The van der Waals surface area contributed by atoms with Crippen LogP contribution in [0.4, 0.5) is 0 Å². The normalized spacial score (nSPS) is 16.7. The maximum Gasteiger partial charge on any atom is 0.226 e. The van der Waals surface area contributed by atoms with Crippen LogP contribution in [0.3, 0.4) is 0 Å². The second-order valence-electron chi connectivity index (χ2n) is 5.75. The van der Waals surface area contributed by atoms with Gasteiger partial charge in [0.15, 0.2) is 10.6 Å². The molecule has 7 heteroatoms. The number of H-pyrrole nitrogens is 1. The summed E-state index contributed by atoms with van der Waals surface area (Å²) >= 11 is 1.58. The van der Waals surface area contributed by atoms with Gasteiger partial charge in [0.2, 0.25) is 5.91 Å². The second kappa shape index (κ2) is 6.62. The third-order valence-corrected chi connectivity index (χ3v) is 5.03. The van der Waals surface area contributed by atoms with Crippen molar-refractivity contribution in [3.05, 3.63) is 44.3 Å². The summed E-state index contributed by atoms with van der Waals surface area (Å²) in [6.45, 7) is 5.68.